The van der Waals surface area contributed by atoms with E-state index in [0.29, 0.717) is 22.4 Å². The van der Waals surface area contributed by atoms with Crippen LogP contribution in [0.5, 0.6) is 0 Å². The molecule has 24 heavy (non-hydrogen) atoms. The lowest BCUT2D eigenvalue weighted by molar-refractivity contribution is -0.132. The summed E-state index contributed by atoms with van der Waals surface area (Å²) < 4.78 is 1.55. The maximum absolute atomic E-state index is 12.8. The minimum absolute atomic E-state index is 0.0522. The summed E-state index contributed by atoms with van der Waals surface area (Å²) in [7, 11) is 1.72. The van der Waals surface area contributed by atoms with Crippen molar-refractivity contribution in [3.63, 3.8) is 0 Å². The molecule has 0 N–H and O–H groups in total. The molecule has 0 unspecified atom stereocenters. The van der Waals surface area contributed by atoms with Crippen LogP contribution in [0.3, 0.4) is 0 Å². The molecule has 3 rings (SSSR count). The van der Waals surface area contributed by atoms with Crippen LogP contribution in [0.1, 0.15) is 27.2 Å². The molecule has 5 nitrogen and oxygen atoms in total. The molecule has 0 bridgehead atoms. The highest BCUT2D eigenvalue weighted by Crippen LogP contribution is 2.27. The SMILES string of the molecule is C[C@@H]1C[C@H](C)CN(C(=O)[C@@H](C)Sc2nc3sccc3c(=O)n2C)C1. The molecule has 0 aromatic carbocycles. The molecule has 1 saturated heterocycles. The van der Waals surface area contributed by atoms with Gasteiger partial charge in [0.1, 0.15) is 4.83 Å². The molecular formula is C17H23N3O2S2. The fraction of sp³-hybridized carbons (Fsp3) is 0.588. The van der Waals surface area contributed by atoms with Crippen molar-refractivity contribution >= 4 is 39.2 Å². The van der Waals surface area contributed by atoms with Crippen molar-refractivity contribution in [1.29, 1.82) is 0 Å². The molecule has 1 aliphatic heterocycles. The summed E-state index contributed by atoms with van der Waals surface area (Å²) in [6, 6.07) is 1.80. The zero-order valence-electron chi connectivity index (χ0n) is 14.5. The molecule has 3 heterocycles. The largest absolute Gasteiger partial charge is 0.341 e. The molecule has 1 fully saturated rings. The topological polar surface area (TPSA) is 55.2 Å². The Labute approximate surface area is 150 Å². The summed E-state index contributed by atoms with van der Waals surface area (Å²) in [5, 5.41) is 2.87. The van der Waals surface area contributed by atoms with E-state index < -0.39 is 0 Å². The molecule has 2 aromatic heterocycles. The zero-order chi connectivity index (χ0) is 17.4. The third-order valence-corrected chi connectivity index (χ3v) is 6.41. The van der Waals surface area contributed by atoms with Gasteiger partial charge in [0.25, 0.3) is 5.56 Å². The summed E-state index contributed by atoms with van der Waals surface area (Å²) in [5.74, 6) is 1.22. The van der Waals surface area contributed by atoms with Gasteiger partial charge in [0, 0.05) is 20.1 Å². The second kappa shape index (κ2) is 6.88. The van der Waals surface area contributed by atoms with Crippen LogP contribution >= 0.6 is 23.1 Å². The first kappa shape index (κ1) is 17.5. The van der Waals surface area contributed by atoms with Gasteiger partial charge in [-0.15, -0.1) is 11.3 Å². The third-order valence-electron chi connectivity index (χ3n) is 4.47. The molecular weight excluding hydrogens is 342 g/mol. The highest BCUT2D eigenvalue weighted by atomic mass is 32.2. The first-order chi connectivity index (χ1) is 11.4. The highest BCUT2D eigenvalue weighted by molar-refractivity contribution is 8.00. The Kier molecular flexibility index (Phi) is 5.01. The maximum Gasteiger partial charge on any atom is 0.262 e. The van der Waals surface area contributed by atoms with E-state index in [0.717, 1.165) is 17.9 Å². The van der Waals surface area contributed by atoms with Gasteiger partial charge in [-0.1, -0.05) is 25.6 Å². The van der Waals surface area contributed by atoms with Crippen LogP contribution in [0.4, 0.5) is 0 Å². The van der Waals surface area contributed by atoms with Gasteiger partial charge in [0.05, 0.1) is 10.6 Å². The number of piperidine rings is 1. The summed E-state index contributed by atoms with van der Waals surface area (Å²) in [6.45, 7) is 7.95. The van der Waals surface area contributed by atoms with E-state index >= 15 is 0 Å². The Morgan fingerprint density at radius 2 is 2.04 bits per heavy atom. The van der Waals surface area contributed by atoms with Crippen molar-refractivity contribution in [3.05, 3.63) is 21.8 Å². The second-order valence-corrected chi connectivity index (χ2v) is 9.05. The van der Waals surface area contributed by atoms with Crippen molar-refractivity contribution < 1.29 is 4.79 Å². The summed E-state index contributed by atoms with van der Waals surface area (Å²) in [5.41, 5.74) is -0.0522. The lowest BCUT2D eigenvalue weighted by atomic mass is 9.92. The Hall–Kier alpha value is -1.34. The first-order valence-corrected chi connectivity index (χ1v) is 10.0. The van der Waals surface area contributed by atoms with E-state index in [-0.39, 0.29) is 16.7 Å². The molecule has 7 heteroatoms. The molecule has 0 aliphatic carbocycles. The number of aromatic nitrogens is 2. The Morgan fingerprint density at radius 1 is 1.38 bits per heavy atom. The van der Waals surface area contributed by atoms with Gasteiger partial charge in [-0.25, -0.2) is 4.98 Å². The second-order valence-electron chi connectivity index (χ2n) is 6.85. The standard InChI is InChI=1S/C17H23N3O2S2/c1-10-7-11(2)9-20(8-10)15(21)12(3)24-17-18-14-13(5-6-23-14)16(22)19(17)4/h5-6,10-12H,7-9H2,1-4H3/t10-,11+,12-/m1/s1. The minimum atomic E-state index is -0.252. The Balaban J connectivity index is 1.79. The minimum Gasteiger partial charge on any atom is -0.341 e. The predicted octanol–water partition coefficient (Wildman–Crippen LogP) is 2.98. The number of fused-ring (bicyclic) bond motifs is 1. The first-order valence-electron chi connectivity index (χ1n) is 8.26. The van der Waals surface area contributed by atoms with Gasteiger partial charge in [-0.2, -0.15) is 0 Å². The van der Waals surface area contributed by atoms with Crippen molar-refractivity contribution in [1.82, 2.24) is 14.5 Å². The molecule has 1 aliphatic rings. The quantitative estimate of drug-likeness (QED) is 0.620. The van der Waals surface area contributed by atoms with E-state index in [2.05, 4.69) is 18.8 Å². The van der Waals surface area contributed by atoms with E-state index in [1.807, 2.05) is 17.2 Å². The van der Waals surface area contributed by atoms with E-state index in [4.69, 9.17) is 0 Å². The van der Waals surface area contributed by atoms with Crippen LogP contribution in [0.25, 0.3) is 10.2 Å². The van der Waals surface area contributed by atoms with Crippen molar-refractivity contribution in [2.45, 2.75) is 37.6 Å². The summed E-state index contributed by atoms with van der Waals surface area (Å²) in [4.78, 5) is 32.4. The highest BCUT2D eigenvalue weighted by Gasteiger charge is 2.29. The molecule has 0 radical (unpaired) electrons. The van der Waals surface area contributed by atoms with E-state index in [1.165, 1.54) is 29.5 Å². The van der Waals surface area contributed by atoms with Crippen LogP contribution in [0.2, 0.25) is 0 Å². The van der Waals surface area contributed by atoms with E-state index in [9.17, 15) is 9.59 Å². The van der Waals surface area contributed by atoms with Gasteiger partial charge in [0.2, 0.25) is 5.91 Å². The number of carbonyl (C=O) groups excluding carboxylic acids is 1. The molecule has 0 spiro atoms. The zero-order valence-corrected chi connectivity index (χ0v) is 16.1. The number of thiophene rings is 1. The summed E-state index contributed by atoms with van der Waals surface area (Å²) >= 11 is 2.83. The Morgan fingerprint density at radius 3 is 2.71 bits per heavy atom. The smallest absolute Gasteiger partial charge is 0.262 e. The number of rotatable bonds is 3. The van der Waals surface area contributed by atoms with Gasteiger partial charge < -0.3 is 4.90 Å². The van der Waals surface area contributed by atoms with Crippen LogP contribution < -0.4 is 5.56 Å². The van der Waals surface area contributed by atoms with Crippen LogP contribution in [0, 0.1) is 11.8 Å². The van der Waals surface area contributed by atoms with Crippen molar-refractivity contribution in [2.75, 3.05) is 13.1 Å². The van der Waals surface area contributed by atoms with E-state index in [1.54, 1.807) is 17.7 Å². The Bertz CT molecular complexity index is 804. The summed E-state index contributed by atoms with van der Waals surface area (Å²) in [6.07, 6.45) is 1.18. The van der Waals surface area contributed by atoms with Crippen molar-refractivity contribution in [2.24, 2.45) is 18.9 Å². The fourth-order valence-corrected chi connectivity index (χ4v) is 5.16. The van der Waals surface area contributed by atoms with Gasteiger partial charge in [-0.3, -0.25) is 14.2 Å². The normalized spacial score (nSPS) is 22.8. The van der Waals surface area contributed by atoms with Gasteiger partial charge >= 0.3 is 0 Å². The number of hydrogen-bond donors (Lipinski definition) is 0. The maximum atomic E-state index is 12.8. The molecule has 130 valence electrons. The lowest BCUT2D eigenvalue weighted by Gasteiger charge is -2.36. The molecule has 2 aromatic rings. The predicted molar refractivity (Wildman–Crippen MR) is 99.7 cm³/mol. The lowest BCUT2D eigenvalue weighted by Crippen LogP contribution is -2.45. The number of nitrogens with zero attached hydrogens (tertiary/aromatic N) is 3. The number of thioether (sulfide) groups is 1. The van der Waals surface area contributed by atoms with Gasteiger partial charge in [-0.05, 0) is 36.6 Å². The number of hydrogen-bond acceptors (Lipinski definition) is 5. The molecule has 0 saturated carbocycles. The third kappa shape index (κ3) is 3.37. The number of carbonyl (C=O) groups is 1. The number of amides is 1. The average molecular weight is 366 g/mol. The van der Waals surface area contributed by atoms with Crippen molar-refractivity contribution in [3.8, 4) is 0 Å². The number of likely N-dealkylation sites (tertiary alicyclic amines) is 1. The fourth-order valence-electron chi connectivity index (χ4n) is 3.39. The van der Waals surface area contributed by atoms with Crippen LogP contribution in [0.15, 0.2) is 21.4 Å². The average Bonchev–Trinajstić information content (AvgIpc) is 2.99. The van der Waals surface area contributed by atoms with Gasteiger partial charge in [0.15, 0.2) is 5.16 Å². The molecule has 1 amide bonds. The van der Waals surface area contributed by atoms with Crippen LogP contribution in [-0.4, -0.2) is 38.7 Å². The molecule has 3 atom stereocenters. The monoisotopic (exact) mass is 365 g/mol. The van der Waals surface area contributed by atoms with Crippen LogP contribution in [-0.2, 0) is 11.8 Å².